The van der Waals surface area contributed by atoms with Gasteiger partial charge in [-0.2, -0.15) is 4.98 Å². The van der Waals surface area contributed by atoms with E-state index in [9.17, 15) is 4.39 Å². The molecule has 3 aromatic rings. The van der Waals surface area contributed by atoms with E-state index in [0.29, 0.717) is 37.3 Å². The Morgan fingerprint density at radius 2 is 1.85 bits per heavy atom. The number of nitrogens with zero attached hydrogens (tertiary/aromatic N) is 4. The highest BCUT2D eigenvalue weighted by Gasteiger charge is 2.26. The lowest BCUT2D eigenvalue weighted by atomic mass is 10.1. The van der Waals surface area contributed by atoms with Crippen molar-refractivity contribution >= 4 is 5.95 Å². The van der Waals surface area contributed by atoms with Crippen molar-refractivity contribution in [2.24, 2.45) is 0 Å². The van der Waals surface area contributed by atoms with Gasteiger partial charge >= 0.3 is 0 Å². The first-order valence-electron chi connectivity index (χ1n) is 11.5. The van der Waals surface area contributed by atoms with Gasteiger partial charge in [0.1, 0.15) is 11.6 Å². The van der Waals surface area contributed by atoms with E-state index in [4.69, 9.17) is 28.9 Å². The Labute approximate surface area is 196 Å². The van der Waals surface area contributed by atoms with Gasteiger partial charge in [0.2, 0.25) is 18.6 Å². The lowest BCUT2D eigenvalue weighted by Crippen LogP contribution is -2.38. The monoisotopic (exact) mass is 464 g/mol. The first-order valence-corrected chi connectivity index (χ1v) is 11.5. The topological polar surface area (TPSA) is 69.2 Å². The summed E-state index contributed by atoms with van der Waals surface area (Å²) in [5.74, 6) is 2.75. The fourth-order valence-corrected chi connectivity index (χ4v) is 4.49. The van der Waals surface area contributed by atoms with Gasteiger partial charge in [-0.3, -0.25) is 4.90 Å². The molecule has 0 spiro atoms. The molecule has 1 fully saturated rings. The highest BCUT2D eigenvalue weighted by atomic mass is 19.1. The zero-order valence-corrected chi connectivity index (χ0v) is 18.7. The number of hydrogen-bond acceptors (Lipinski definition) is 8. The van der Waals surface area contributed by atoms with Gasteiger partial charge < -0.3 is 23.8 Å². The van der Waals surface area contributed by atoms with Crippen LogP contribution in [0, 0.1) is 5.82 Å². The first-order chi connectivity index (χ1) is 16.7. The Morgan fingerprint density at radius 3 is 2.74 bits per heavy atom. The quantitative estimate of drug-likeness (QED) is 0.568. The molecule has 0 radical (unpaired) electrons. The third-order valence-electron chi connectivity index (χ3n) is 6.24. The van der Waals surface area contributed by atoms with Crippen LogP contribution in [0.1, 0.15) is 16.8 Å². The molecule has 3 aliphatic rings. The molecule has 0 N–H and O–H groups in total. The smallest absolute Gasteiger partial charge is 0.231 e. The fraction of sp³-hybridized carbons (Fsp3) is 0.360. The van der Waals surface area contributed by atoms with Gasteiger partial charge in [-0.15, -0.1) is 0 Å². The van der Waals surface area contributed by atoms with Crippen LogP contribution in [0.5, 0.6) is 23.1 Å². The third kappa shape index (κ3) is 4.36. The van der Waals surface area contributed by atoms with E-state index in [1.807, 2.05) is 12.1 Å². The predicted molar refractivity (Wildman–Crippen MR) is 122 cm³/mol. The lowest BCUT2D eigenvalue weighted by molar-refractivity contribution is 0.122. The number of morpholine rings is 1. The van der Waals surface area contributed by atoms with Crippen molar-refractivity contribution in [3.05, 3.63) is 65.1 Å². The van der Waals surface area contributed by atoms with Crippen molar-refractivity contribution in [2.75, 3.05) is 44.5 Å². The van der Waals surface area contributed by atoms with Gasteiger partial charge in [0.25, 0.3) is 0 Å². The molecule has 0 bridgehead atoms. The molecule has 2 aromatic carbocycles. The summed E-state index contributed by atoms with van der Waals surface area (Å²) in [7, 11) is 0. The fourth-order valence-electron chi connectivity index (χ4n) is 4.49. The Balaban J connectivity index is 1.29. The van der Waals surface area contributed by atoms with Crippen molar-refractivity contribution in [3.8, 4) is 23.1 Å². The van der Waals surface area contributed by atoms with E-state index in [2.05, 4.69) is 15.9 Å². The third-order valence-corrected chi connectivity index (χ3v) is 6.24. The van der Waals surface area contributed by atoms with Gasteiger partial charge in [0, 0.05) is 45.2 Å². The summed E-state index contributed by atoms with van der Waals surface area (Å²) in [6.07, 6.45) is 0.777. The Kier molecular flexibility index (Phi) is 5.64. The summed E-state index contributed by atoms with van der Waals surface area (Å²) in [5, 5.41) is 0. The molecule has 0 unspecified atom stereocenters. The average molecular weight is 464 g/mol. The van der Waals surface area contributed by atoms with Crippen LogP contribution in [-0.4, -0.2) is 54.5 Å². The Bertz CT molecular complexity index is 1200. The second-order valence-corrected chi connectivity index (χ2v) is 8.56. The van der Waals surface area contributed by atoms with Crippen LogP contribution in [0.15, 0.2) is 42.5 Å². The summed E-state index contributed by atoms with van der Waals surface area (Å²) >= 11 is 0. The van der Waals surface area contributed by atoms with Crippen LogP contribution in [0.25, 0.3) is 0 Å². The molecular formula is C25H25FN4O4. The summed E-state index contributed by atoms with van der Waals surface area (Å²) in [4.78, 5) is 14.1. The number of anilines is 1. The lowest BCUT2D eigenvalue weighted by Gasteiger charge is -2.32. The van der Waals surface area contributed by atoms with E-state index in [1.165, 1.54) is 12.1 Å². The second-order valence-electron chi connectivity index (χ2n) is 8.56. The van der Waals surface area contributed by atoms with Crippen molar-refractivity contribution in [1.29, 1.82) is 0 Å². The minimum absolute atomic E-state index is 0.263. The maximum absolute atomic E-state index is 13.8. The molecule has 0 atom stereocenters. The number of ether oxygens (including phenoxy) is 4. The van der Waals surface area contributed by atoms with E-state index in [1.54, 1.807) is 12.1 Å². The first kappa shape index (κ1) is 21.1. The van der Waals surface area contributed by atoms with Crippen molar-refractivity contribution in [1.82, 2.24) is 14.9 Å². The van der Waals surface area contributed by atoms with Gasteiger partial charge in [-0.1, -0.05) is 12.1 Å². The van der Waals surface area contributed by atoms with Crippen LogP contribution in [0.2, 0.25) is 0 Å². The van der Waals surface area contributed by atoms with E-state index >= 15 is 0 Å². The average Bonchev–Trinajstić information content (AvgIpc) is 3.33. The van der Waals surface area contributed by atoms with Gasteiger partial charge in [-0.05, 0) is 29.8 Å². The van der Waals surface area contributed by atoms with Crippen LogP contribution in [0.3, 0.4) is 0 Å². The highest BCUT2D eigenvalue weighted by Crippen LogP contribution is 2.35. The van der Waals surface area contributed by atoms with E-state index < -0.39 is 0 Å². The molecule has 0 amide bonds. The second kappa shape index (κ2) is 9.08. The number of fused-ring (bicyclic) bond motifs is 2. The molecule has 3 aliphatic heterocycles. The van der Waals surface area contributed by atoms with E-state index in [-0.39, 0.29) is 12.6 Å². The largest absolute Gasteiger partial charge is 0.454 e. The zero-order chi connectivity index (χ0) is 22.9. The Morgan fingerprint density at radius 1 is 0.971 bits per heavy atom. The van der Waals surface area contributed by atoms with Crippen molar-refractivity contribution in [3.63, 3.8) is 0 Å². The zero-order valence-electron chi connectivity index (χ0n) is 18.7. The molecule has 6 rings (SSSR count). The molecule has 0 aliphatic carbocycles. The van der Waals surface area contributed by atoms with Crippen LogP contribution >= 0.6 is 0 Å². The molecule has 0 saturated carbocycles. The molecule has 176 valence electrons. The molecule has 34 heavy (non-hydrogen) atoms. The number of hydrogen-bond donors (Lipinski definition) is 0. The SMILES string of the molecule is Fc1cccc(Oc2nc(N3CCOCC3)nc3c2CN(Cc2ccc4c(c2)OCO4)CC3)c1. The van der Waals surface area contributed by atoms with Crippen molar-refractivity contribution < 1.29 is 23.3 Å². The molecule has 1 aromatic heterocycles. The minimum atomic E-state index is -0.349. The molecule has 1 saturated heterocycles. The highest BCUT2D eigenvalue weighted by molar-refractivity contribution is 5.46. The normalized spacial score (nSPS) is 17.5. The molecule has 8 nitrogen and oxygen atoms in total. The van der Waals surface area contributed by atoms with Gasteiger partial charge in [-0.25, -0.2) is 9.37 Å². The summed E-state index contributed by atoms with van der Waals surface area (Å²) in [6, 6.07) is 12.2. The minimum Gasteiger partial charge on any atom is -0.454 e. The number of rotatable bonds is 5. The summed E-state index contributed by atoms with van der Waals surface area (Å²) < 4.78 is 36.4. The maximum Gasteiger partial charge on any atom is 0.231 e. The van der Waals surface area contributed by atoms with Crippen molar-refractivity contribution in [2.45, 2.75) is 19.5 Å². The van der Waals surface area contributed by atoms with Gasteiger partial charge in [0.05, 0.1) is 24.5 Å². The Hall–Kier alpha value is -3.43. The molecular weight excluding hydrogens is 439 g/mol. The number of aromatic nitrogens is 2. The molecule has 4 heterocycles. The summed E-state index contributed by atoms with van der Waals surface area (Å²) in [6.45, 7) is 5.26. The van der Waals surface area contributed by atoms with Crippen LogP contribution in [0.4, 0.5) is 10.3 Å². The van der Waals surface area contributed by atoms with E-state index in [0.717, 1.165) is 60.9 Å². The predicted octanol–water partition coefficient (Wildman–Crippen LogP) is 3.53. The summed E-state index contributed by atoms with van der Waals surface area (Å²) in [5.41, 5.74) is 3.06. The van der Waals surface area contributed by atoms with Crippen LogP contribution < -0.4 is 19.1 Å². The number of benzene rings is 2. The van der Waals surface area contributed by atoms with Crippen LogP contribution in [-0.2, 0) is 24.2 Å². The molecule has 9 heteroatoms. The standard InChI is InChI=1S/C25H25FN4O4/c26-18-2-1-3-19(13-18)34-24-20-15-29(14-17-4-5-22-23(12-17)33-16-32-22)7-6-21(20)27-25(28-24)30-8-10-31-11-9-30/h1-5,12-13H,6-11,14-16H2. The maximum atomic E-state index is 13.8. The van der Waals surface area contributed by atoms with Gasteiger partial charge in [0.15, 0.2) is 11.5 Å². The number of halogens is 1.